The Balaban J connectivity index is 1.77. The molecule has 0 spiro atoms. The molecule has 6 heteroatoms. The molecule has 4 rings (SSSR count). The SMILES string of the molecule is C=C(CC[C@H](C)[C@H]1CC[C@@H]2[C@@H]3C(=O)C[C@H]4[C@](C)(C(=O)O)[C@@H](O)CC[C@@]4(C)C3=C[C@@H](OC(C)=O)[C@@]21C)C(C)C. The quantitative estimate of drug-likeness (QED) is 0.312. The van der Waals surface area contributed by atoms with E-state index in [-0.39, 0.29) is 35.4 Å². The van der Waals surface area contributed by atoms with Gasteiger partial charge in [-0.15, -0.1) is 0 Å². The predicted octanol–water partition coefficient (Wildman–Crippen LogP) is 5.98. The molecule has 38 heavy (non-hydrogen) atoms. The number of rotatable bonds is 7. The van der Waals surface area contributed by atoms with Gasteiger partial charge in [-0.25, -0.2) is 0 Å². The van der Waals surface area contributed by atoms with Crippen molar-refractivity contribution in [1.82, 2.24) is 0 Å². The molecule has 3 saturated carbocycles. The van der Waals surface area contributed by atoms with Gasteiger partial charge in [-0.05, 0) is 86.5 Å². The summed E-state index contributed by atoms with van der Waals surface area (Å²) >= 11 is 0. The molecule has 6 nitrogen and oxygen atoms in total. The third-order valence-electron chi connectivity index (χ3n) is 11.8. The van der Waals surface area contributed by atoms with Crippen molar-refractivity contribution in [3.05, 3.63) is 23.8 Å². The number of carbonyl (C=O) groups is 3. The summed E-state index contributed by atoms with van der Waals surface area (Å²) in [6.07, 6.45) is 5.57. The number of carbonyl (C=O) groups excluding carboxylic acids is 2. The van der Waals surface area contributed by atoms with Gasteiger partial charge in [0.05, 0.1) is 11.5 Å². The fourth-order valence-electron chi connectivity index (χ4n) is 9.16. The number of allylic oxidation sites excluding steroid dienone is 2. The molecule has 0 radical (unpaired) electrons. The molecule has 0 heterocycles. The van der Waals surface area contributed by atoms with Gasteiger partial charge in [-0.3, -0.25) is 14.4 Å². The minimum absolute atomic E-state index is 0.0424. The average molecular weight is 529 g/mol. The lowest BCUT2D eigenvalue weighted by Crippen LogP contribution is -2.62. The first-order valence-electron chi connectivity index (χ1n) is 14.6. The zero-order chi connectivity index (χ0) is 28.4. The van der Waals surface area contributed by atoms with Crippen molar-refractivity contribution in [2.45, 2.75) is 106 Å². The van der Waals surface area contributed by atoms with Gasteiger partial charge in [0.25, 0.3) is 0 Å². The first-order chi connectivity index (χ1) is 17.6. The Morgan fingerprint density at radius 3 is 2.39 bits per heavy atom. The normalized spacial score (nSPS) is 43.0. The third-order valence-corrected chi connectivity index (χ3v) is 11.8. The molecule has 0 aromatic rings. The van der Waals surface area contributed by atoms with Gasteiger partial charge < -0.3 is 14.9 Å². The van der Waals surface area contributed by atoms with Crippen LogP contribution in [0.5, 0.6) is 0 Å². The molecule has 2 N–H and O–H groups in total. The summed E-state index contributed by atoms with van der Waals surface area (Å²) in [4.78, 5) is 38.9. The molecule has 3 fully saturated rings. The van der Waals surface area contributed by atoms with Gasteiger partial charge in [0.1, 0.15) is 11.9 Å². The minimum Gasteiger partial charge on any atom is -0.481 e. The number of hydrogen-bond donors (Lipinski definition) is 2. The predicted molar refractivity (Wildman–Crippen MR) is 146 cm³/mol. The number of carboxylic acid groups (broad SMARTS) is 1. The lowest BCUT2D eigenvalue weighted by atomic mass is 9.43. The number of ketones is 1. The molecule has 0 bridgehead atoms. The Bertz CT molecular complexity index is 1040. The maximum absolute atomic E-state index is 14.0. The highest BCUT2D eigenvalue weighted by Crippen LogP contribution is 2.68. The Morgan fingerprint density at radius 1 is 1.16 bits per heavy atom. The summed E-state index contributed by atoms with van der Waals surface area (Å²) in [6, 6.07) is 0. The number of esters is 1. The molecule has 4 aliphatic carbocycles. The van der Waals surface area contributed by atoms with E-state index in [1.165, 1.54) is 12.5 Å². The zero-order valence-corrected chi connectivity index (χ0v) is 24.4. The number of hydrogen-bond acceptors (Lipinski definition) is 5. The summed E-state index contributed by atoms with van der Waals surface area (Å²) < 4.78 is 6.07. The zero-order valence-electron chi connectivity index (χ0n) is 24.4. The van der Waals surface area contributed by atoms with Crippen LogP contribution in [-0.4, -0.2) is 40.1 Å². The van der Waals surface area contributed by atoms with E-state index in [2.05, 4.69) is 41.2 Å². The summed E-state index contributed by atoms with van der Waals surface area (Å²) in [5.74, 6) is -0.933. The smallest absolute Gasteiger partial charge is 0.312 e. The Hall–Kier alpha value is -1.95. The van der Waals surface area contributed by atoms with Crippen molar-refractivity contribution in [3.8, 4) is 0 Å². The lowest BCUT2D eigenvalue weighted by molar-refractivity contribution is -0.180. The van der Waals surface area contributed by atoms with E-state index >= 15 is 0 Å². The van der Waals surface area contributed by atoms with Crippen LogP contribution in [0.4, 0.5) is 0 Å². The summed E-state index contributed by atoms with van der Waals surface area (Å²) in [5, 5.41) is 21.0. The first-order valence-corrected chi connectivity index (χ1v) is 14.6. The maximum atomic E-state index is 14.0. The van der Waals surface area contributed by atoms with Crippen LogP contribution in [0.3, 0.4) is 0 Å². The van der Waals surface area contributed by atoms with E-state index in [1.54, 1.807) is 6.92 Å². The molecule has 4 aliphatic rings. The number of Topliss-reactive ketones (excluding diaryl/α,β-unsaturated/α-hetero) is 1. The van der Waals surface area contributed by atoms with Gasteiger partial charge in [0.15, 0.2) is 0 Å². The molecular weight excluding hydrogens is 480 g/mol. The number of carboxylic acids is 1. The van der Waals surface area contributed by atoms with E-state index < -0.39 is 34.9 Å². The van der Waals surface area contributed by atoms with Crippen molar-refractivity contribution < 1.29 is 29.3 Å². The van der Waals surface area contributed by atoms with Gasteiger partial charge >= 0.3 is 11.9 Å². The summed E-state index contributed by atoms with van der Waals surface area (Å²) in [6.45, 7) is 18.2. The van der Waals surface area contributed by atoms with Crippen molar-refractivity contribution >= 4 is 17.7 Å². The van der Waals surface area contributed by atoms with Crippen LogP contribution >= 0.6 is 0 Å². The van der Waals surface area contributed by atoms with E-state index in [9.17, 15) is 24.6 Å². The molecule has 0 unspecified atom stereocenters. The van der Waals surface area contributed by atoms with Crippen molar-refractivity contribution in [2.24, 2.45) is 51.8 Å². The highest BCUT2D eigenvalue weighted by atomic mass is 16.5. The number of fused-ring (bicyclic) bond motifs is 5. The molecule has 0 aliphatic heterocycles. The van der Waals surface area contributed by atoms with Gasteiger partial charge in [-0.2, -0.15) is 0 Å². The van der Waals surface area contributed by atoms with Gasteiger partial charge in [-0.1, -0.05) is 52.3 Å². The van der Waals surface area contributed by atoms with E-state index in [4.69, 9.17) is 4.74 Å². The second-order valence-electron chi connectivity index (χ2n) is 13.9. The number of aliphatic hydroxyl groups excluding tert-OH is 1. The second kappa shape index (κ2) is 9.91. The minimum atomic E-state index is -1.41. The van der Waals surface area contributed by atoms with E-state index in [1.807, 2.05) is 6.08 Å². The van der Waals surface area contributed by atoms with Crippen LogP contribution in [0.2, 0.25) is 0 Å². The molecule has 0 amide bonds. The maximum Gasteiger partial charge on any atom is 0.312 e. The molecule has 10 atom stereocenters. The molecule has 0 aromatic carbocycles. The summed E-state index contributed by atoms with van der Waals surface area (Å²) in [7, 11) is 0. The molecule has 0 saturated heterocycles. The van der Waals surface area contributed by atoms with Crippen LogP contribution in [0.25, 0.3) is 0 Å². The number of aliphatic carboxylic acids is 1. The first kappa shape index (κ1) is 29.0. The Labute approximate surface area is 228 Å². The van der Waals surface area contributed by atoms with E-state index in [0.717, 1.165) is 31.3 Å². The fourth-order valence-corrected chi connectivity index (χ4v) is 9.16. The Morgan fingerprint density at radius 2 is 1.82 bits per heavy atom. The number of ether oxygens (including phenoxy) is 1. The molecule has 0 aromatic heterocycles. The monoisotopic (exact) mass is 528 g/mol. The summed E-state index contributed by atoms with van der Waals surface area (Å²) in [5.41, 5.74) is -0.127. The molecular formula is C32H48O6. The average Bonchev–Trinajstić information content (AvgIpc) is 3.19. The number of aliphatic hydroxyl groups is 1. The van der Waals surface area contributed by atoms with Crippen LogP contribution < -0.4 is 0 Å². The highest BCUT2D eigenvalue weighted by molar-refractivity contribution is 5.89. The third kappa shape index (κ3) is 4.20. The lowest BCUT2D eigenvalue weighted by Gasteiger charge is -2.61. The van der Waals surface area contributed by atoms with E-state index in [0.29, 0.717) is 30.6 Å². The largest absolute Gasteiger partial charge is 0.481 e. The highest BCUT2D eigenvalue weighted by Gasteiger charge is 2.68. The fraction of sp³-hybridized carbons (Fsp3) is 0.781. The van der Waals surface area contributed by atoms with Gasteiger partial charge in [0.2, 0.25) is 0 Å². The topological polar surface area (TPSA) is 101 Å². The second-order valence-corrected chi connectivity index (χ2v) is 13.9. The van der Waals surface area contributed by atoms with Crippen LogP contribution in [0, 0.1) is 51.8 Å². The van der Waals surface area contributed by atoms with Crippen molar-refractivity contribution in [3.63, 3.8) is 0 Å². The van der Waals surface area contributed by atoms with Crippen LogP contribution in [0.1, 0.15) is 93.4 Å². The Kier molecular flexibility index (Phi) is 7.57. The van der Waals surface area contributed by atoms with Crippen LogP contribution in [-0.2, 0) is 19.1 Å². The van der Waals surface area contributed by atoms with Crippen LogP contribution in [0.15, 0.2) is 23.8 Å². The van der Waals surface area contributed by atoms with Crippen molar-refractivity contribution in [1.29, 1.82) is 0 Å². The van der Waals surface area contributed by atoms with Crippen molar-refractivity contribution in [2.75, 3.05) is 0 Å². The molecule has 212 valence electrons. The standard InChI is InChI=1S/C32H48O6/c1-17(2)18(3)9-10-19(4)21-11-12-22-28-23(15-27(31(21,22)7)38-20(5)33)30(6)14-13-26(35)32(8,29(36)37)25(30)16-24(28)34/h15,17,19,21-22,25-28,35H,3,9-14,16H2,1-2,4-8H3,(H,36,37)/t19-,21+,22+,25+,26-,27+,28-,30-,31+,32-/m0/s1. The van der Waals surface area contributed by atoms with Gasteiger partial charge in [0, 0.05) is 24.7 Å².